The SMILES string of the molecule is Cc1cccc(C2(CCS(C)(=O)=O)CNC2)c1. The van der Waals surface area contributed by atoms with Gasteiger partial charge in [0.25, 0.3) is 0 Å². The molecule has 1 aromatic rings. The van der Waals surface area contributed by atoms with Crippen molar-refractivity contribution in [2.45, 2.75) is 18.8 Å². The molecular weight excluding hydrogens is 234 g/mol. The van der Waals surface area contributed by atoms with E-state index in [1.807, 2.05) is 6.07 Å². The van der Waals surface area contributed by atoms with Crippen LogP contribution in [0.25, 0.3) is 0 Å². The lowest BCUT2D eigenvalue weighted by Crippen LogP contribution is -2.57. The van der Waals surface area contributed by atoms with Crippen LogP contribution in [-0.4, -0.2) is 33.5 Å². The van der Waals surface area contributed by atoms with Crippen LogP contribution in [0.4, 0.5) is 0 Å². The zero-order valence-corrected chi connectivity index (χ0v) is 11.2. The van der Waals surface area contributed by atoms with E-state index >= 15 is 0 Å². The number of hydrogen-bond donors (Lipinski definition) is 1. The molecule has 0 atom stereocenters. The molecule has 4 heteroatoms. The van der Waals surface area contributed by atoms with Crippen LogP contribution in [0.15, 0.2) is 24.3 Å². The predicted molar refractivity (Wildman–Crippen MR) is 70.1 cm³/mol. The number of sulfone groups is 1. The lowest BCUT2D eigenvalue weighted by Gasteiger charge is -2.43. The zero-order valence-electron chi connectivity index (χ0n) is 10.4. The first-order chi connectivity index (χ1) is 7.91. The minimum absolute atomic E-state index is 0.0229. The fourth-order valence-electron chi connectivity index (χ4n) is 2.31. The van der Waals surface area contributed by atoms with E-state index in [2.05, 4.69) is 30.4 Å². The van der Waals surface area contributed by atoms with Gasteiger partial charge in [0.2, 0.25) is 0 Å². The number of benzene rings is 1. The van der Waals surface area contributed by atoms with Crippen LogP contribution in [0.5, 0.6) is 0 Å². The van der Waals surface area contributed by atoms with Crippen LogP contribution < -0.4 is 5.32 Å². The summed E-state index contributed by atoms with van der Waals surface area (Å²) in [7, 11) is -2.88. The Labute approximate surface area is 103 Å². The Hall–Kier alpha value is -0.870. The molecule has 0 unspecified atom stereocenters. The summed E-state index contributed by atoms with van der Waals surface area (Å²) >= 11 is 0. The lowest BCUT2D eigenvalue weighted by atomic mass is 9.73. The van der Waals surface area contributed by atoms with Gasteiger partial charge in [0.15, 0.2) is 0 Å². The highest BCUT2D eigenvalue weighted by Crippen LogP contribution is 2.33. The van der Waals surface area contributed by atoms with Gasteiger partial charge in [0.1, 0.15) is 9.84 Å². The first kappa shape index (κ1) is 12.6. The van der Waals surface area contributed by atoms with Gasteiger partial charge in [-0.25, -0.2) is 8.42 Å². The summed E-state index contributed by atoms with van der Waals surface area (Å²) < 4.78 is 22.6. The van der Waals surface area contributed by atoms with Crippen molar-refractivity contribution < 1.29 is 8.42 Å². The van der Waals surface area contributed by atoms with E-state index in [0.29, 0.717) is 6.42 Å². The Balaban J connectivity index is 2.20. The molecule has 3 nitrogen and oxygen atoms in total. The Kier molecular flexibility index (Phi) is 3.27. The third-order valence-electron chi connectivity index (χ3n) is 3.51. The largest absolute Gasteiger partial charge is 0.315 e. The molecule has 0 aromatic heterocycles. The molecule has 1 saturated heterocycles. The summed E-state index contributed by atoms with van der Waals surface area (Å²) in [5, 5.41) is 3.26. The van der Waals surface area contributed by atoms with Gasteiger partial charge in [-0.1, -0.05) is 29.8 Å². The van der Waals surface area contributed by atoms with Crippen molar-refractivity contribution in [3.8, 4) is 0 Å². The Morgan fingerprint density at radius 1 is 1.35 bits per heavy atom. The predicted octanol–water partition coefficient (Wildman–Crippen LogP) is 1.27. The van der Waals surface area contributed by atoms with E-state index in [4.69, 9.17) is 0 Å². The summed E-state index contributed by atoms with van der Waals surface area (Å²) in [5.41, 5.74) is 2.52. The molecule has 1 aliphatic rings. The molecule has 17 heavy (non-hydrogen) atoms. The molecular formula is C13H19NO2S. The molecule has 94 valence electrons. The Morgan fingerprint density at radius 2 is 2.06 bits per heavy atom. The monoisotopic (exact) mass is 253 g/mol. The Bertz CT molecular complexity index is 504. The summed E-state index contributed by atoms with van der Waals surface area (Å²) in [5.74, 6) is 0.266. The van der Waals surface area contributed by atoms with Gasteiger partial charge in [-0.3, -0.25) is 0 Å². The average molecular weight is 253 g/mol. The molecule has 2 rings (SSSR count). The molecule has 0 saturated carbocycles. The molecule has 0 spiro atoms. The van der Waals surface area contributed by atoms with Crippen LogP contribution in [0.3, 0.4) is 0 Å². The minimum Gasteiger partial charge on any atom is -0.315 e. The van der Waals surface area contributed by atoms with Crippen molar-refractivity contribution in [2.75, 3.05) is 25.1 Å². The third-order valence-corrected chi connectivity index (χ3v) is 4.45. The van der Waals surface area contributed by atoms with Crippen LogP contribution in [0.1, 0.15) is 17.5 Å². The van der Waals surface area contributed by atoms with E-state index < -0.39 is 9.84 Å². The van der Waals surface area contributed by atoms with Crippen molar-refractivity contribution >= 4 is 9.84 Å². The molecule has 1 N–H and O–H groups in total. The number of hydrogen-bond acceptors (Lipinski definition) is 3. The van der Waals surface area contributed by atoms with E-state index in [0.717, 1.165) is 13.1 Å². The van der Waals surface area contributed by atoms with Gasteiger partial charge >= 0.3 is 0 Å². The maximum atomic E-state index is 11.3. The van der Waals surface area contributed by atoms with Crippen molar-refractivity contribution in [3.05, 3.63) is 35.4 Å². The van der Waals surface area contributed by atoms with Crippen LogP contribution in [0, 0.1) is 6.92 Å². The molecule has 1 aliphatic heterocycles. The first-order valence-corrected chi connectivity index (χ1v) is 7.93. The fraction of sp³-hybridized carbons (Fsp3) is 0.538. The van der Waals surface area contributed by atoms with Crippen LogP contribution >= 0.6 is 0 Å². The topological polar surface area (TPSA) is 46.2 Å². The van der Waals surface area contributed by atoms with Gasteiger partial charge in [-0.15, -0.1) is 0 Å². The van der Waals surface area contributed by atoms with E-state index in [-0.39, 0.29) is 11.2 Å². The third kappa shape index (κ3) is 2.87. The van der Waals surface area contributed by atoms with Crippen molar-refractivity contribution in [1.82, 2.24) is 5.32 Å². The smallest absolute Gasteiger partial charge is 0.147 e. The highest BCUT2D eigenvalue weighted by atomic mass is 32.2. The molecule has 0 radical (unpaired) electrons. The normalized spacial score (nSPS) is 18.7. The summed E-state index contributed by atoms with van der Waals surface area (Å²) in [6, 6.07) is 8.39. The van der Waals surface area contributed by atoms with Gasteiger partial charge < -0.3 is 5.32 Å². The fourth-order valence-corrected chi connectivity index (χ4v) is 3.07. The van der Waals surface area contributed by atoms with Crippen molar-refractivity contribution in [1.29, 1.82) is 0 Å². The highest BCUT2D eigenvalue weighted by molar-refractivity contribution is 7.90. The van der Waals surface area contributed by atoms with Crippen LogP contribution in [-0.2, 0) is 15.3 Å². The molecule has 1 aromatic carbocycles. The summed E-state index contributed by atoms with van der Waals surface area (Å²) in [4.78, 5) is 0. The molecule has 1 fully saturated rings. The Morgan fingerprint density at radius 3 is 2.53 bits per heavy atom. The van der Waals surface area contributed by atoms with Gasteiger partial charge in [0, 0.05) is 24.8 Å². The maximum absolute atomic E-state index is 11.3. The van der Waals surface area contributed by atoms with Crippen LogP contribution in [0.2, 0.25) is 0 Å². The number of rotatable bonds is 4. The molecule has 0 bridgehead atoms. The first-order valence-electron chi connectivity index (χ1n) is 5.87. The van der Waals surface area contributed by atoms with Gasteiger partial charge in [-0.05, 0) is 18.9 Å². The zero-order chi connectivity index (χ0) is 12.5. The molecule has 0 amide bonds. The second kappa shape index (κ2) is 4.42. The number of nitrogens with one attached hydrogen (secondary N) is 1. The molecule has 1 heterocycles. The lowest BCUT2D eigenvalue weighted by molar-refractivity contribution is 0.268. The van der Waals surface area contributed by atoms with Crippen molar-refractivity contribution in [2.24, 2.45) is 0 Å². The van der Waals surface area contributed by atoms with Crippen molar-refractivity contribution in [3.63, 3.8) is 0 Å². The summed E-state index contributed by atoms with van der Waals surface area (Å²) in [6.45, 7) is 3.83. The quantitative estimate of drug-likeness (QED) is 0.879. The van der Waals surface area contributed by atoms with E-state index in [9.17, 15) is 8.42 Å². The minimum atomic E-state index is -2.88. The second-order valence-corrected chi connectivity index (χ2v) is 7.39. The van der Waals surface area contributed by atoms with Gasteiger partial charge in [0.05, 0.1) is 5.75 Å². The second-order valence-electron chi connectivity index (χ2n) is 5.13. The van der Waals surface area contributed by atoms with E-state index in [1.54, 1.807) is 0 Å². The standard InChI is InChI=1S/C13H19NO2S/c1-11-4-3-5-12(8-11)13(9-14-10-13)6-7-17(2,15)16/h3-5,8,14H,6-7,9-10H2,1-2H3. The average Bonchev–Trinajstić information content (AvgIpc) is 2.14. The number of aryl methyl sites for hydroxylation is 1. The van der Waals surface area contributed by atoms with E-state index in [1.165, 1.54) is 17.4 Å². The summed E-state index contributed by atoms with van der Waals surface area (Å²) in [6.07, 6.45) is 2.02. The highest BCUT2D eigenvalue weighted by Gasteiger charge is 2.38. The van der Waals surface area contributed by atoms with Gasteiger partial charge in [-0.2, -0.15) is 0 Å². The maximum Gasteiger partial charge on any atom is 0.147 e. The molecule has 0 aliphatic carbocycles.